The molecular weight excluding hydrogens is 961 g/mol. The van der Waals surface area contributed by atoms with Crippen LogP contribution in [0.1, 0.15) is 310 Å². The summed E-state index contributed by atoms with van der Waals surface area (Å²) in [6, 6.07) is 0. The van der Waals surface area contributed by atoms with E-state index in [2.05, 4.69) is 130 Å². The molecule has 0 spiro atoms. The molecule has 0 N–H and O–H groups in total. The van der Waals surface area contributed by atoms with E-state index in [1.807, 2.05) is 0 Å². The third-order valence-electron chi connectivity index (χ3n) is 14.0. The van der Waals surface area contributed by atoms with Gasteiger partial charge in [0, 0.05) is 19.3 Å². The molecule has 0 amide bonds. The standard InChI is InChI=1S/C72H122O6/c1-4-7-10-13-16-19-22-25-27-29-30-31-32-33-34-35-36-37-38-39-40-41-42-43-45-47-50-53-56-59-62-65-71(74)77-68-69(67-76-70(73)64-61-58-55-52-49-46-24-21-18-15-12-9-6-3)78-72(75)66-63-60-57-54-51-48-44-28-26-23-20-17-14-11-8-5-2/h7,9-10,12,16,18-19,21,25,27,30-31,33-34,36-37,46,49,69H,4-6,8,11,13-15,17,20,22-24,26,28-29,32,35,38-45,47-48,50-68H2,1-3H3/b10-7-,12-9-,19-16-,21-18-,27-25-,31-30-,34-33-,37-36-,49-46-. The lowest BCUT2D eigenvalue weighted by Crippen LogP contribution is -2.30. The largest absolute Gasteiger partial charge is 0.462 e. The van der Waals surface area contributed by atoms with Crippen LogP contribution in [0.2, 0.25) is 0 Å². The van der Waals surface area contributed by atoms with Crippen molar-refractivity contribution in [3.8, 4) is 0 Å². The second kappa shape index (κ2) is 65.6. The Morgan fingerprint density at radius 3 is 0.795 bits per heavy atom. The third kappa shape index (κ3) is 62.9. The number of hydrogen-bond donors (Lipinski definition) is 0. The molecule has 0 aliphatic carbocycles. The summed E-state index contributed by atoms with van der Waals surface area (Å²) in [5, 5.41) is 0. The normalized spacial score (nSPS) is 12.8. The van der Waals surface area contributed by atoms with Crippen molar-refractivity contribution in [3.05, 3.63) is 109 Å². The molecule has 0 heterocycles. The van der Waals surface area contributed by atoms with Crippen LogP contribution < -0.4 is 0 Å². The van der Waals surface area contributed by atoms with E-state index in [1.54, 1.807) is 0 Å². The number of carbonyl (C=O) groups excluding carboxylic acids is 3. The Hall–Kier alpha value is -3.93. The number of rotatable bonds is 59. The van der Waals surface area contributed by atoms with Crippen molar-refractivity contribution >= 4 is 17.9 Å². The number of unbranched alkanes of at least 4 members (excludes halogenated alkanes) is 30. The van der Waals surface area contributed by atoms with E-state index >= 15 is 0 Å². The first-order chi connectivity index (χ1) is 38.5. The zero-order chi connectivity index (χ0) is 56.4. The predicted molar refractivity (Wildman–Crippen MR) is 339 cm³/mol. The van der Waals surface area contributed by atoms with Crippen molar-refractivity contribution in [2.75, 3.05) is 13.2 Å². The van der Waals surface area contributed by atoms with Gasteiger partial charge in [-0.3, -0.25) is 14.4 Å². The van der Waals surface area contributed by atoms with Gasteiger partial charge in [0.15, 0.2) is 6.10 Å². The number of hydrogen-bond acceptors (Lipinski definition) is 6. The molecule has 0 aromatic carbocycles. The Labute approximate surface area is 482 Å². The van der Waals surface area contributed by atoms with Gasteiger partial charge >= 0.3 is 17.9 Å². The summed E-state index contributed by atoms with van der Waals surface area (Å²) in [4.78, 5) is 38.3. The van der Waals surface area contributed by atoms with Crippen LogP contribution in [0.4, 0.5) is 0 Å². The smallest absolute Gasteiger partial charge is 0.306 e. The molecular formula is C72H122O6. The highest BCUT2D eigenvalue weighted by Crippen LogP contribution is 2.17. The van der Waals surface area contributed by atoms with Gasteiger partial charge in [-0.25, -0.2) is 0 Å². The van der Waals surface area contributed by atoms with Crippen molar-refractivity contribution in [2.45, 2.75) is 316 Å². The van der Waals surface area contributed by atoms with Crippen molar-refractivity contribution in [1.29, 1.82) is 0 Å². The summed E-state index contributed by atoms with van der Waals surface area (Å²) in [7, 11) is 0. The minimum atomic E-state index is -0.790. The summed E-state index contributed by atoms with van der Waals surface area (Å²) in [6.07, 6.45) is 89.6. The van der Waals surface area contributed by atoms with Crippen LogP contribution in [0, 0.1) is 0 Å². The van der Waals surface area contributed by atoms with Crippen LogP contribution in [0.5, 0.6) is 0 Å². The van der Waals surface area contributed by atoms with Gasteiger partial charge in [-0.15, -0.1) is 0 Å². The van der Waals surface area contributed by atoms with Crippen molar-refractivity contribution in [1.82, 2.24) is 0 Å². The number of allylic oxidation sites excluding steroid dienone is 18. The predicted octanol–water partition coefficient (Wildman–Crippen LogP) is 22.6. The Morgan fingerprint density at radius 2 is 0.500 bits per heavy atom. The first-order valence-corrected chi connectivity index (χ1v) is 32.9. The van der Waals surface area contributed by atoms with Gasteiger partial charge in [-0.1, -0.05) is 297 Å². The van der Waals surface area contributed by atoms with E-state index in [0.717, 1.165) is 122 Å². The van der Waals surface area contributed by atoms with Crippen LogP contribution in [0.3, 0.4) is 0 Å². The Balaban J connectivity index is 4.24. The highest BCUT2D eigenvalue weighted by Gasteiger charge is 2.19. The van der Waals surface area contributed by atoms with E-state index in [-0.39, 0.29) is 31.1 Å². The molecule has 0 aromatic rings. The molecule has 446 valence electrons. The first kappa shape index (κ1) is 74.1. The second-order valence-electron chi connectivity index (χ2n) is 21.6. The van der Waals surface area contributed by atoms with E-state index in [9.17, 15) is 14.4 Å². The highest BCUT2D eigenvalue weighted by atomic mass is 16.6. The van der Waals surface area contributed by atoms with Gasteiger partial charge < -0.3 is 14.2 Å². The van der Waals surface area contributed by atoms with Gasteiger partial charge in [-0.05, 0) is 103 Å². The molecule has 6 heteroatoms. The van der Waals surface area contributed by atoms with Crippen LogP contribution in [-0.2, 0) is 28.6 Å². The molecule has 0 radical (unpaired) electrons. The fraction of sp³-hybridized carbons (Fsp3) is 0.708. The monoisotopic (exact) mass is 1080 g/mol. The lowest BCUT2D eigenvalue weighted by atomic mass is 10.0. The van der Waals surface area contributed by atoms with Crippen LogP contribution in [-0.4, -0.2) is 37.2 Å². The molecule has 0 fully saturated rings. The summed E-state index contributed by atoms with van der Waals surface area (Å²) in [5.74, 6) is -0.907. The maximum Gasteiger partial charge on any atom is 0.306 e. The van der Waals surface area contributed by atoms with Crippen molar-refractivity contribution in [2.24, 2.45) is 0 Å². The molecule has 0 rings (SSSR count). The molecule has 0 bridgehead atoms. The Morgan fingerprint density at radius 1 is 0.269 bits per heavy atom. The Bertz CT molecular complexity index is 1570. The molecule has 1 unspecified atom stereocenters. The van der Waals surface area contributed by atoms with Gasteiger partial charge in [0.05, 0.1) is 0 Å². The van der Waals surface area contributed by atoms with Gasteiger partial charge in [0.2, 0.25) is 0 Å². The Kier molecular flexibility index (Phi) is 62.3. The SMILES string of the molecule is CC/C=C\C/C=C\C/C=C\C/C=C\C/C=C\C/C=C\CCCCCCCCCCCCCCC(=O)OCC(COC(=O)CCCCC/C=C\C/C=C\C/C=C\CC)OC(=O)CCCCCCCCCCCCCCCCCC. The summed E-state index contributed by atoms with van der Waals surface area (Å²) >= 11 is 0. The molecule has 6 nitrogen and oxygen atoms in total. The van der Waals surface area contributed by atoms with Crippen LogP contribution in [0.25, 0.3) is 0 Å². The molecule has 0 aliphatic heterocycles. The molecule has 0 saturated carbocycles. The van der Waals surface area contributed by atoms with Crippen LogP contribution >= 0.6 is 0 Å². The topological polar surface area (TPSA) is 78.9 Å². The molecule has 0 saturated heterocycles. The maximum atomic E-state index is 12.9. The summed E-state index contributed by atoms with van der Waals surface area (Å²) in [6.45, 7) is 6.41. The van der Waals surface area contributed by atoms with Gasteiger partial charge in [-0.2, -0.15) is 0 Å². The quantitative estimate of drug-likeness (QED) is 0.0261. The highest BCUT2D eigenvalue weighted by molar-refractivity contribution is 5.71. The fourth-order valence-electron chi connectivity index (χ4n) is 9.17. The first-order valence-electron chi connectivity index (χ1n) is 32.9. The lowest BCUT2D eigenvalue weighted by Gasteiger charge is -2.18. The van der Waals surface area contributed by atoms with E-state index in [0.29, 0.717) is 19.3 Å². The molecule has 0 aliphatic rings. The number of carbonyl (C=O) groups is 3. The minimum Gasteiger partial charge on any atom is -0.462 e. The minimum absolute atomic E-state index is 0.0861. The van der Waals surface area contributed by atoms with Gasteiger partial charge in [0.1, 0.15) is 13.2 Å². The molecule has 1 atom stereocenters. The zero-order valence-corrected chi connectivity index (χ0v) is 51.2. The van der Waals surface area contributed by atoms with E-state index in [1.165, 1.54) is 148 Å². The summed E-state index contributed by atoms with van der Waals surface area (Å²) < 4.78 is 16.9. The molecule has 0 aromatic heterocycles. The number of ether oxygens (including phenoxy) is 3. The van der Waals surface area contributed by atoms with Crippen LogP contribution in [0.15, 0.2) is 109 Å². The van der Waals surface area contributed by atoms with E-state index < -0.39 is 6.10 Å². The lowest BCUT2D eigenvalue weighted by molar-refractivity contribution is -0.167. The second-order valence-corrected chi connectivity index (χ2v) is 21.6. The van der Waals surface area contributed by atoms with Crippen molar-refractivity contribution in [3.63, 3.8) is 0 Å². The zero-order valence-electron chi connectivity index (χ0n) is 51.2. The average molecular weight is 1080 g/mol. The summed E-state index contributed by atoms with van der Waals surface area (Å²) in [5.41, 5.74) is 0. The maximum absolute atomic E-state index is 12.9. The molecule has 78 heavy (non-hydrogen) atoms. The average Bonchev–Trinajstić information content (AvgIpc) is 3.44. The van der Waals surface area contributed by atoms with Crippen molar-refractivity contribution < 1.29 is 28.6 Å². The third-order valence-corrected chi connectivity index (χ3v) is 14.0. The number of esters is 3. The van der Waals surface area contributed by atoms with E-state index in [4.69, 9.17) is 14.2 Å². The van der Waals surface area contributed by atoms with Gasteiger partial charge in [0.25, 0.3) is 0 Å². The fourth-order valence-corrected chi connectivity index (χ4v) is 9.17.